The molecule has 1 heterocycles. The molecule has 1 aromatic carbocycles. The maximum absolute atomic E-state index is 4.40. The number of nitrogens with zero attached hydrogens (tertiary/aromatic N) is 2. The molecule has 92 valence electrons. The summed E-state index contributed by atoms with van der Waals surface area (Å²) < 4.78 is 0. The van der Waals surface area contributed by atoms with Crippen LogP contribution < -0.4 is 5.32 Å². The fraction of sp³-hybridized carbons (Fsp3) is 0.462. The van der Waals surface area contributed by atoms with E-state index in [4.69, 9.17) is 0 Å². The van der Waals surface area contributed by atoms with E-state index in [1.54, 1.807) is 0 Å². The Bertz CT molecular complexity index is 386. The highest BCUT2D eigenvalue weighted by Gasteiger charge is 2.10. The van der Waals surface area contributed by atoms with Gasteiger partial charge in [0.25, 0.3) is 0 Å². The van der Waals surface area contributed by atoms with Crippen LogP contribution in [0.3, 0.4) is 0 Å². The van der Waals surface area contributed by atoms with Gasteiger partial charge in [-0.3, -0.25) is 4.99 Å². The van der Waals surface area contributed by atoms with Crippen LogP contribution in [0.25, 0.3) is 0 Å². The lowest BCUT2D eigenvalue weighted by Gasteiger charge is -2.14. The second-order valence-corrected chi connectivity index (χ2v) is 5.38. The van der Waals surface area contributed by atoms with Crippen LogP contribution in [0.2, 0.25) is 0 Å². The minimum absolute atomic E-state index is 0.921. The Morgan fingerprint density at radius 1 is 1.35 bits per heavy atom. The molecule has 0 aromatic heterocycles. The summed E-state index contributed by atoms with van der Waals surface area (Å²) >= 11 is 1.88. The van der Waals surface area contributed by atoms with E-state index < -0.39 is 0 Å². The van der Waals surface area contributed by atoms with Crippen LogP contribution >= 0.6 is 11.8 Å². The van der Waals surface area contributed by atoms with Crippen LogP contribution in [-0.2, 0) is 0 Å². The second-order valence-electron chi connectivity index (χ2n) is 4.22. The van der Waals surface area contributed by atoms with E-state index in [1.807, 2.05) is 11.8 Å². The van der Waals surface area contributed by atoms with Gasteiger partial charge < -0.3 is 10.2 Å². The molecule has 1 aromatic rings. The van der Waals surface area contributed by atoms with Crippen molar-refractivity contribution in [2.24, 2.45) is 4.99 Å². The first kappa shape index (κ1) is 12.3. The minimum atomic E-state index is 0.921. The maximum Gasteiger partial charge on any atom is 0.193 e. The molecule has 0 fully saturated rings. The van der Waals surface area contributed by atoms with Gasteiger partial charge in [0.15, 0.2) is 5.96 Å². The summed E-state index contributed by atoms with van der Waals surface area (Å²) in [4.78, 5) is 7.89. The number of nitrogens with one attached hydrogen (secondary N) is 1. The Labute approximate surface area is 107 Å². The molecule has 0 unspecified atom stereocenters. The van der Waals surface area contributed by atoms with Crippen molar-refractivity contribution in [1.82, 2.24) is 10.2 Å². The normalized spacial score (nSPS) is 14.9. The zero-order valence-electron chi connectivity index (χ0n) is 10.4. The van der Waals surface area contributed by atoms with Gasteiger partial charge in [-0.2, -0.15) is 0 Å². The van der Waals surface area contributed by atoms with Crippen molar-refractivity contribution >= 4 is 17.7 Å². The second kappa shape index (κ2) is 5.96. The number of likely N-dealkylation sites (N-methyl/N-ethyl adjacent to an activating group) is 1. The first-order valence-corrected chi connectivity index (χ1v) is 6.93. The van der Waals surface area contributed by atoms with E-state index in [-0.39, 0.29) is 0 Å². The Morgan fingerprint density at radius 3 is 2.76 bits per heavy atom. The highest BCUT2D eigenvalue weighted by molar-refractivity contribution is 7.99. The Hall–Kier alpha value is -1.16. The molecule has 17 heavy (non-hydrogen) atoms. The van der Waals surface area contributed by atoms with Gasteiger partial charge in [0.05, 0.1) is 6.54 Å². The summed E-state index contributed by atoms with van der Waals surface area (Å²) in [5.74, 6) is 2.10. The number of rotatable bonds is 4. The summed E-state index contributed by atoms with van der Waals surface area (Å²) in [6.45, 7) is 5.03. The van der Waals surface area contributed by atoms with Gasteiger partial charge in [-0.1, -0.05) is 17.7 Å². The molecule has 1 aliphatic rings. The van der Waals surface area contributed by atoms with E-state index in [0.717, 1.165) is 31.3 Å². The highest BCUT2D eigenvalue weighted by Crippen LogP contribution is 2.17. The van der Waals surface area contributed by atoms with Crippen LogP contribution in [0.1, 0.15) is 5.56 Å². The molecule has 0 bridgehead atoms. The maximum atomic E-state index is 4.40. The standard InChI is InChI=1S/C13H19N3S/c1-11-3-5-12(6-4-11)17-10-8-15-13-14-7-9-16(13)2/h3-6H,7-10H2,1-2H3,(H,14,15). The molecule has 0 spiro atoms. The topological polar surface area (TPSA) is 27.6 Å². The monoisotopic (exact) mass is 249 g/mol. The number of hydrogen-bond acceptors (Lipinski definition) is 4. The van der Waals surface area contributed by atoms with Crippen molar-refractivity contribution in [3.8, 4) is 0 Å². The molecule has 1 N–H and O–H groups in total. The molecule has 0 saturated carbocycles. The average Bonchev–Trinajstić information content (AvgIpc) is 2.73. The van der Waals surface area contributed by atoms with Crippen LogP contribution in [0, 0.1) is 6.92 Å². The van der Waals surface area contributed by atoms with Crippen molar-refractivity contribution in [2.75, 3.05) is 32.4 Å². The number of aliphatic imine (C=N–C) groups is 1. The van der Waals surface area contributed by atoms with Crippen molar-refractivity contribution in [1.29, 1.82) is 0 Å². The van der Waals surface area contributed by atoms with Gasteiger partial charge in [-0.15, -0.1) is 11.8 Å². The quantitative estimate of drug-likeness (QED) is 0.653. The third-order valence-corrected chi connectivity index (χ3v) is 3.75. The van der Waals surface area contributed by atoms with Gasteiger partial charge in [0, 0.05) is 30.8 Å². The summed E-state index contributed by atoms with van der Waals surface area (Å²) in [5, 5.41) is 3.37. The summed E-state index contributed by atoms with van der Waals surface area (Å²) in [6, 6.07) is 8.67. The summed E-state index contributed by atoms with van der Waals surface area (Å²) in [6.07, 6.45) is 0. The lowest BCUT2D eigenvalue weighted by Crippen LogP contribution is -2.36. The molecular weight excluding hydrogens is 230 g/mol. The summed E-state index contributed by atoms with van der Waals surface area (Å²) in [5.41, 5.74) is 1.31. The van der Waals surface area contributed by atoms with Crippen LogP contribution in [0.5, 0.6) is 0 Å². The Morgan fingerprint density at radius 2 is 2.12 bits per heavy atom. The van der Waals surface area contributed by atoms with E-state index in [0.29, 0.717) is 0 Å². The first-order valence-electron chi connectivity index (χ1n) is 5.94. The number of guanidine groups is 1. The SMILES string of the molecule is Cc1ccc(SCCNC2=NCCN2C)cc1. The van der Waals surface area contributed by atoms with Crippen LogP contribution in [-0.4, -0.2) is 43.3 Å². The predicted molar refractivity (Wildman–Crippen MR) is 74.8 cm³/mol. The number of aryl methyl sites for hydroxylation is 1. The van der Waals surface area contributed by atoms with Crippen molar-refractivity contribution in [3.05, 3.63) is 29.8 Å². The zero-order valence-corrected chi connectivity index (χ0v) is 11.3. The number of thioether (sulfide) groups is 1. The average molecular weight is 249 g/mol. The molecule has 0 aliphatic carbocycles. The molecule has 0 saturated heterocycles. The van der Waals surface area contributed by atoms with Crippen LogP contribution in [0.15, 0.2) is 34.2 Å². The van der Waals surface area contributed by atoms with Gasteiger partial charge in [0.2, 0.25) is 0 Å². The van der Waals surface area contributed by atoms with E-state index in [1.165, 1.54) is 10.5 Å². The molecule has 0 atom stereocenters. The van der Waals surface area contributed by atoms with E-state index in [9.17, 15) is 0 Å². The molecule has 1 aliphatic heterocycles. The lowest BCUT2D eigenvalue weighted by atomic mass is 10.2. The highest BCUT2D eigenvalue weighted by atomic mass is 32.2. The zero-order chi connectivity index (χ0) is 12.1. The third-order valence-electron chi connectivity index (χ3n) is 2.73. The van der Waals surface area contributed by atoms with Gasteiger partial charge in [0.1, 0.15) is 0 Å². The molecular formula is C13H19N3S. The molecule has 4 heteroatoms. The predicted octanol–water partition coefficient (Wildman–Crippen LogP) is 1.98. The molecule has 0 radical (unpaired) electrons. The van der Waals surface area contributed by atoms with Crippen molar-refractivity contribution < 1.29 is 0 Å². The van der Waals surface area contributed by atoms with E-state index >= 15 is 0 Å². The van der Waals surface area contributed by atoms with E-state index in [2.05, 4.69) is 53.4 Å². The summed E-state index contributed by atoms with van der Waals surface area (Å²) in [7, 11) is 2.08. The van der Waals surface area contributed by atoms with Gasteiger partial charge in [-0.25, -0.2) is 0 Å². The van der Waals surface area contributed by atoms with Crippen LogP contribution in [0.4, 0.5) is 0 Å². The number of hydrogen-bond donors (Lipinski definition) is 1. The minimum Gasteiger partial charge on any atom is -0.355 e. The molecule has 3 nitrogen and oxygen atoms in total. The number of benzene rings is 1. The van der Waals surface area contributed by atoms with Gasteiger partial charge in [-0.05, 0) is 19.1 Å². The first-order chi connectivity index (χ1) is 8.25. The lowest BCUT2D eigenvalue weighted by molar-refractivity contribution is 0.537. The fourth-order valence-corrected chi connectivity index (χ4v) is 2.46. The van der Waals surface area contributed by atoms with Crippen molar-refractivity contribution in [3.63, 3.8) is 0 Å². The molecule has 0 amide bonds. The molecule has 2 rings (SSSR count). The fourth-order valence-electron chi connectivity index (χ4n) is 1.69. The third kappa shape index (κ3) is 3.66. The Kier molecular flexibility index (Phi) is 4.31. The van der Waals surface area contributed by atoms with Crippen molar-refractivity contribution in [2.45, 2.75) is 11.8 Å². The Balaban J connectivity index is 1.68. The smallest absolute Gasteiger partial charge is 0.193 e. The van der Waals surface area contributed by atoms with Gasteiger partial charge >= 0.3 is 0 Å². The largest absolute Gasteiger partial charge is 0.355 e.